The van der Waals surface area contributed by atoms with Gasteiger partial charge in [-0.3, -0.25) is 9.59 Å². The number of nitrogens with zero attached hydrogens (tertiary/aromatic N) is 2. The molecule has 160 valence electrons. The van der Waals surface area contributed by atoms with Crippen molar-refractivity contribution in [1.82, 2.24) is 9.97 Å². The van der Waals surface area contributed by atoms with Gasteiger partial charge in [0.05, 0.1) is 24.9 Å². The topological polar surface area (TPSA) is 78.4 Å². The first-order valence-corrected chi connectivity index (χ1v) is 10.4. The normalized spacial score (nSPS) is 12.0. The van der Waals surface area contributed by atoms with Crippen molar-refractivity contribution in [1.29, 1.82) is 0 Å². The Hall–Kier alpha value is -3.02. The van der Waals surface area contributed by atoms with Gasteiger partial charge < -0.3 is 9.47 Å². The van der Waals surface area contributed by atoms with Crippen molar-refractivity contribution >= 4 is 11.9 Å². The number of allylic oxidation sites excluding steroid dienone is 1. The summed E-state index contributed by atoms with van der Waals surface area (Å²) >= 11 is 0. The maximum atomic E-state index is 11.8. The second kappa shape index (κ2) is 12.5. The molecular weight excluding hydrogens is 380 g/mol. The van der Waals surface area contributed by atoms with Gasteiger partial charge in [-0.25, -0.2) is 9.97 Å². The fourth-order valence-electron chi connectivity index (χ4n) is 2.84. The zero-order valence-corrected chi connectivity index (χ0v) is 18.0. The minimum atomic E-state index is -0.327. The Kier molecular flexibility index (Phi) is 9.71. The Bertz CT molecular complexity index is 829. The number of aryl methyl sites for hydroxylation is 1. The minimum Gasteiger partial charge on any atom is -0.463 e. The van der Waals surface area contributed by atoms with E-state index in [1.54, 1.807) is 0 Å². The highest BCUT2D eigenvalue weighted by molar-refractivity contribution is 5.73. The summed E-state index contributed by atoms with van der Waals surface area (Å²) in [7, 11) is 0. The van der Waals surface area contributed by atoms with Crippen LogP contribution in [0.15, 0.2) is 48.8 Å². The van der Waals surface area contributed by atoms with Gasteiger partial charge in [-0.2, -0.15) is 0 Å². The van der Waals surface area contributed by atoms with Crippen molar-refractivity contribution in [2.24, 2.45) is 0 Å². The van der Waals surface area contributed by atoms with Crippen molar-refractivity contribution in [2.75, 3.05) is 0 Å². The molecular formula is C24H30N2O4. The van der Waals surface area contributed by atoms with E-state index in [0.29, 0.717) is 11.6 Å². The molecule has 0 bridgehead atoms. The number of benzene rings is 1. The standard InChI is InChI=1S/C24H30N2O4/c1-4-5-6-7-8-9-23(28)30-22-16-25-24(26-17-22)21-14-12-20(13-15-21)11-10-18(2)29-19(3)27/h7-8,12-18H,4-6,9-11H2,1-3H3. The summed E-state index contributed by atoms with van der Waals surface area (Å²) in [6.45, 7) is 5.44. The van der Waals surface area contributed by atoms with E-state index in [-0.39, 0.29) is 24.5 Å². The third-order valence-corrected chi connectivity index (χ3v) is 4.45. The maximum absolute atomic E-state index is 11.8. The number of esters is 2. The predicted octanol–water partition coefficient (Wildman–Crippen LogP) is 5.07. The monoisotopic (exact) mass is 410 g/mol. The Balaban J connectivity index is 1.84. The number of carbonyl (C=O) groups is 2. The van der Waals surface area contributed by atoms with Gasteiger partial charge in [-0.15, -0.1) is 0 Å². The lowest BCUT2D eigenvalue weighted by molar-refractivity contribution is -0.145. The summed E-state index contributed by atoms with van der Waals surface area (Å²) in [4.78, 5) is 31.4. The zero-order chi connectivity index (χ0) is 21.8. The van der Waals surface area contributed by atoms with Crippen molar-refractivity contribution in [3.05, 3.63) is 54.4 Å². The highest BCUT2D eigenvalue weighted by Gasteiger charge is 2.08. The van der Waals surface area contributed by atoms with Gasteiger partial charge in [0.25, 0.3) is 0 Å². The van der Waals surface area contributed by atoms with Crippen molar-refractivity contribution in [3.8, 4) is 17.1 Å². The molecule has 1 atom stereocenters. The number of aromatic nitrogens is 2. The van der Waals surface area contributed by atoms with Crippen LogP contribution in [0, 0.1) is 0 Å². The van der Waals surface area contributed by atoms with E-state index in [1.165, 1.54) is 19.3 Å². The second-order valence-electron chi connectivity index (χ2n) is 7.19. The van der Waals surface area contributed by atoms with Crippen molar-refractivity contribution in [3.63, 3.8) is 0 Å². The summed E-state index contributed by atoms with van der Waals surface area (Å²) in [5, 5.41) is 0. The largest absolute Gasteiger partial charge is 0.463 e. The molecule has 0 N–H and O–H groups in total. The van der Waals surface area contributed by atoms with Crippen molar-refractivity contribution in [2.45, 2.75) is 65.4 Å². The van der Waals surface area contributed by atoms with Crippen LogP contribution in [0.3, 0.4) is 0 Å². The van der Waals surface area contributed by atoms with Gasteiger partial charge in [-0.1, -0.05) is 56.2 Å². The van der Waals surface area contributed by atoms with Crippen LogP contribution in [0.2, 0.25) is 0 Å². The highest BCUT2D eigenvalue weighted by atomic mass is 16.5. The van der Waals surface area contributed by atoms with E-state index in [2.05, 4.69) is 16.9 Å². The first-order chi connectivity index (χ1) is 14.5. The lowest BCUT2D eigenvalue weighted by atomic mass is 10.1. The Morgan fingerprint density at radius 1 is 1.10 bits per heavy atom. The molecule has 1 heterocycles. The average molecular weight is 411 g/mol. The number of rotatable bonds is 11. The molecule has 30 heavy (non-hydrogen) atoms. The molecule has 6 nitrogen and oxygen atoms in total. The molecule has 0 aliphatic heterocycles. The van der Waals surface area contributed by atoms with Crippen molar-refractivity contribution < 1.29 is 19.1 Å². The van der Waals surface area contributed by atoms with Gasteiger partial charge >= 0.3 is 11.9 Å². The lowest BCUT2D eigenvalue weighted by Crippen LogP contribution is -2.12. The molecule has 0 aliphatic rings. The summed E-state index contributed by atoms with van der Waals surface area (Å²) in [6, 6.07) is 7.93. The Morgan fingerprint density at radius 3 is 2.43 bits per heavy atom. The van der Waals surface area contributed by atoms with Crippen LogP contribution in [0.4, 0.5) is 0 Å². The van der Waals surface area contributed by atoms with Crippen LogP contribution in [0.5, 0.6) is 5.75 Å². The van der Waals surface area contributed by atoms with Crippen LogP contribution in [0.25, 0.3) is 11.4 Å². The maximum Gasteiger partial charge on any atom is 0.315 e. The molecule has 0 saturated heterocycles. The molecule has 2 rings (SSSR count). The van der Waals surface area contributed by atoms with Gasteiger partial charge in [0.1, 0.15) is 0 Å². The van der Waals surface area contributed by atoms with Crippen LogP contribution < -0.4 is 4.74 Å². The fourth-order valence-corrected chi connectivity index (χ4v) is 2.84. The van der Waals surface area contributed by atoms with Gasteiger partial charge in [0, 0.05) is 12.5 Å². The van der Waals surface area contributed by atoms with E-state index in [4.69, 9.17) is 9.47 Å². The summed E-state index contributed by atoms with van der Waals surface area (Å²) in [6.07, 6.45) is 11.8. The number of hydrogen-bond acceptors (Lipinski definition) is 6. The van der Waals surface area contributed by atoms with E-state index in [0.717, 1.165) is 43.2 Å². The van der Waals surface area contributed by atoms with Crippen LogP contribution >= 0.6 is 0 Å². The predicted molar refractivity (Wildman–Crippen MR) is 116 cm³/mol. The lowest BCUT2D eigenvalue weighted by Gasteiger charge is -2.11. The Labute approximate surface area is 178 Å². The van der Waals surface area contributed by atoms with Gasteiger partial charge in [-0.05, 0) is 31.7 Å². The highest BCUT2D eigenvalue weighted by Crippen LogP contribution is 2.18. The molecule has 0 amide bonds. The van der Waals surface area contributed by atoms with E-state index >= 15 is 0 Å². The number of carbonyl (C=O) groups excluding carboxylic acids is 2. The number of ether oxygens (including phenoxy) is 2. The Morgan fingerprint density at radius 2 is 1.80 bits per heavy atom. The smallest absolute Gasteiger partial charge is 0.315 e. The van der Waals surface area contributed by atoms with E-state index in [9.17, 15) is 9.59 Å². The van der Waals surface area contributed by atoms with Crippen LogP contribution in [0.1, 0.15) is 58.4 Å². The third kappa shape index (κ3) is 8.55. The summed E-state index contributed by atoms with van der Waals surface area (Å²) in [5.41, 5.74) is 2.03. The first-order valence-electron chi connectivity index (χ1n) is 10.4. The molecule has 0 spiro atoms. The van der Waals surface area contributed by atoms with E-state index in [1.807, 2.05) is 43.3 Å². The van der Waals surface area contributed by atoms with Crippen LogP contribution in [-0.4, -0.2) is 28.0 Å². The van der Waals surface area contributed by atoms with Gasteiger partial charge in [0.15, 0.2) is 11.6 Å². The first kappa shape index (κ1) is 23.3. The SMILES string of the molecule is CCCCC=CCC(=O)Oc1cnc(-c2ccc(CCC(C)OC(C)=O)cc2)nc1. The molecule has 0 aliphatic carbocycles. The number of hydrogen-bond donors (Lipinski definition) is 0. The molecule has 6 heteroatoms. The zero-order valence-electron chi connectivity index (χ0n) is 18.0. The molecule has 0 saturated carbocycles. The summed E-state index contributed by atoms with van der Waals surface area (Å²) < 4.78 is 10.4. The summed E-state index contributed by atoms with van der Waals surface area (Å²) in [5.74, 6) is 0.315. The fraction of sp³-hybridized carbons (Fsp3) is 0.417. The van der Waals surface area contributed by atoms with Gasteiger partial charge in [0.2, 0.25) is 0 Å². The second-order valence-corrected chi connectivity index (χ2v) is 7.19. The molecule has 0 radical (unpaired) electrons. The molecule has 1 aromatic heterocycles. The number of unbranched alkanes of at least 4 members (excludes halogenated alkanes) is 2. The van der Waals surface area contributed by atoms with Crippen LogP contribution in [-0.2, 0) is 20.7 Å². The molecule has 2 aromatic rings. The minimum absolute atomic E-state index is 0.104. The molecule has 0 fully saturated rings. The van der Waals surface area contributed by atoms with E-state index < -0.39 is 0 Å². The quantitative estimate of drug-likeness (QED) is 0.292. The molecule has 1 aromatic carbocycles. The molecule has 1 unspecified atom stereocenters. The third-order valence-electron chi connectivity index (χ3n) is 4.45. The average Bonchev–Trinajstić information content (AvgIpc) is 2.72.